The Morgan fingerprint density at radius 3 is 2.10 bits per heavy atom. The van der Waals surface area contributed by atoms with Gasteiger partial charge in [0, 0.05) is 0 Å². The van der Waals surface area contributed by atoms with Crippen LogP contribution in [-0.2, 0) is 15.6 Å². The quantitative estimate of drug-likeness (QED) is 0.178. The van der Waals surface area contributed by atoms with Crippen LogP contribution in [0.4, 0.5) is 0 Å². The van der Waals surface area contributed by atoms with Gasteiger partial charge in [-0.1, -0.05) is 120 Å². The van der Waals surface area contributed by atoms with E-state index in [0.717, 1.165) is 12.0 Å². The minimum absolute atomic E-state index is 0.0919. The first kappa shape index (κ1) is 28.8. The van der Waals surface area contributed by atoms with Crippen molar-refractivity contribution in [1.82, 2.24) is 0 Å². The Bertz CT molecular complexity index is 1410. The van der Waals surface area contributed by atoms with Crippen molar-refractivity contribution in [3.8, 4) is 0 Å². The normalized spacial score (nSPS) is 15.4. The second kappa shape index (κ2) is 10.8. The number of hydrogen-bond acceptors (Lipinski definition) is 2. The Morgan fingerprint density at radius 2 is 1.54 bits per heavy atom. The number of benzene rings is 3. The number of carbonyl (C=O) groups is 1. The van der Waals surface area contributed by atoms with E-state index >= 15 is 0 Å². The number of carbonyl (C=O) groups excluding carboxylic acids is 1. The fourth-order valence-corrected chi connectivity index (χ4v) is 6.98. The first-order valence-electron chi connectivity index (χ1n) is 14.2. The summed E-state index contributed by atoms with van der Waals surface area (Å²) in [5.74, 6) is -0.273. The van der Waals surface area contributed by atoms with Crippen LogP contribution in [0.2, 0.25) is 19.6 Å². The van der Waals surface area contributed by atoms with Crippen LogP contribution in [0, 0.1) is 0 Å². The maximum absolute atomic E-state index is 12.1. The van der Waals surface area contributed by atoms with E-state index in [1.807, 2.05) is 31.2 Å². The smallest absolute Gasteiger partial charge is 0.338 e. The summed E-state index contributed by atoms with van der Waals surface area (Å²) in [5, 5.41) is 1.40. The Hall–Kier alpha value is -3.17. The Labute approximate surface area is 236 Å². The molecule has 0 N–H and O–H groups in total. The lowest BCUT2D eigenvalue weighted by Gasteiger charge is -2.33. The molecule has 1 aliphatic rings. The predicted octanol–water partition coefficient (Wildman–Crippen LogP) is 9.69. The van der Waals surface area contributed by atoms with Crippen LogP contribution in [0.1, 0.15) is 91.7 Å². The highest BCUT2D eigenvalue weighted by molar-refractivity contribution is 6.94. The molecule has 39 heavy (non-hydrogen) atoms. The average molecular weight is 537 g/mol. The molecule has 0 heterocycles. The van der Waals surface area contributed by atoms with E-state index in [1.54, 1.807) is 0 Å². The first-order valence-corrected chi connectivity index (χ1v) is 17.7. The van der Waals surface area contributed by atoms with E-state index in [2.05, 4.69) is 109 Å². The summed E-state index contributed by atoms with van der Waals surface area (Å²) in [6.45, 7) is 20.9. The monoisotopic (exact) mass is 536 g/mol. The van der Waals surface area contributed by atoms with E-state index < -0.39 is 8.07 Å². The van der Waals surface area contributed by atoms with Crippen LogP contribution in [0.3, 0.4) is 0 Å². The molecule has 4 rings (SSSR count). The van der Waals surface area contributed by atoms with Gasteiger partial charge in [-0.3, -0.25) is 0 Å². The second-order valence-electron chi connectivity index (χ2n) is 13.4. The van der Waals surface area contributed by atoms with Crippen molar-refractivity contribution in [2.24, 2.45) is 0 Å². The molecular formula is C36H44O2Si. The molecule has 0 spiro atoms. The fourth-order valence-electron chi connectivity index (χ4n) is 5.35. The van der Waals surface area contributed by atoms with Gasteiger partial charge in [0.2, 0.25) is 0 Å². The lowest BCUT2D eigenvalue weighted by molar-refractivity contribution is 0.0526. The van der Waals surface area contributed by atoms with Crippen LogP contribution < -0.4 is 0 Å². The van der Waals surface area contributed by atoms with Gasteiger partial charge in [-0.2, -0.15) is 0 Å². The minimum atomic E-state index is -1.72. The molecule has 0 aromatic heterocycles. The standard InChI is InChI=1S/C36H44O2Si/c1-10-38-34(37)27-13-11-25(12-14-27)23-33(39(7,8)9)28-17-20-32-31(24-28)30(21-22-36(32,5)6)26-15-18-29(19-16-26)35(2,3)4/h11-21,23-24H,10,22H2,1-9H3. The summed E-state index contributed by atoms with van der Waals surface area (Å²) in [5.41, 5.74) is 9.94. The average Bonchev–Trinajstić information content (AvgIpc) is 2.86. The molecule has 204 valence electrons. The van der Waals surface area contributed by atoms with Gasteiger partial charge in [0.15, 0.2) is 0 Å². The predicted molar refractivity (Wildman–Crippen MR) is 170 cm³/mol. The molecule has 0 saturated heterocycles. The van der Waals surface area contributed by atoms with Gasteiger partial charge in [-0.05, 0) is 81.3 Å². The topological polar surface area (TPSA) is 26.3 Å². The number of esters is 1. The summed E-state index contributed by atoms with van der Waals surface area (Å²) < 4.78 is 5.16. The van der Waals surface area contributed by atoms with Gasteiger partial charge in [0.25, 0.3) is 0 Å². The second-order valence-corrected chi connectivity index (χ2v) is 18.5. The van der Waals surface area contributed by atoms with Crippen molar-refractivity contribution in [2.45, 2.75) is 78.4 Å². The van der Waals surface area contributed by atoms with Crippen LogP contribution in [0.15, 0.2) is 72.8 Å². The molecule has 0 aliphatic heterocycles. The SMILES string of the molecule is CCOC(=O)c1ccc(C=C(c2ccc3c(c2)C(c2ccc(C(C)(C)C)cc2)=CCC3(C)C)[Si](C)(C)C)cc1. The van der Waals surface area contributed by atoms with Crippen molar-refractivity contribution >= 4 is 30.9 Å². The van der Waals surface area contributed by atoms with E-state index in [-0.39, 0.29) is 16.8 Å². The molecule has 0 saturated carbocycles. The summed E-state index contributed by atoms with van der Waals surface area (Å²) >= 11 is 0. The molecular weight excluding hydrogens is 492 g/mol. The maximum Gasteiger partial charge on any atom is 0.338 e. The molecule has 0 fully saturated rings. The highest BCUT2D eigenvalue weighted by Gasteiger charge is 2.30. The molecule has 3 aromatic rings. The zero-order chi connectivity index (χ0) is 28.6. The number of rotatable bonds is 6. The van der Waals surface area contributed by atoms with Crippen molar-refractivity contribution in [3.05, 3.63) is 112 Å². The maximum atomic E-state index is 12.1. The van der Waals surface area contributed by atoms with Gasteiger partial charge in [-0.15, -0.1) is 0 Å². The highest BCUT2D eigenvalue weighted by Crippen LogP contribution is 2.43. The Balaban J connectivity index is 1.79. The third-order valence-corrected chi connectivity index (χ3v) is 9.82. The number of allylic oxidation sites excluding steroid dienone is 1. The van der Waals surface area contributed by atoms with Crippen LogP contribution >= 0.6 is 0 Å². The zero-order valence-electron chi connectivity index (χ0n) is 25.2. The summed E-state index contributed by atoms with van der Waals surface area (Å²) in [6, 6.07) is 24.0. The minimum Gasteiger partial charge on any atom is -0.462 e. The van der Waals surface area contributed by atoms with Crippen LogP contribution in [0.25, 0.3) is 16.8 Å². The highest BCUT2D eigenvalue weighted by atomic mass is 28.3. The molecule has 1 aliphatic carbocycles. The molecule has 3 aromatic carbocycles. The first-order chi connectivity index (χ1) is 18.2. The summed E-state index contributed by atoms with van der Waals surface area (Å²) in [4.78, 5) is 12.1. The molecule has 0 bridgehead atoms. The largest absolute Gasteiger partial charge is 0.462 e. The fraction of sp³-hybridized carbons (Fsp3) is 0.361. The Morgan fingerprint density at radius 1 is 0.923 bits per heavy atom. The Kier molecular flexibility index (Phi) is 7.96. The molecule has 2 nitrogen and oxygen atoms in total. The van der Waals surface area contributed by atoms with Crippen molar-refractivity contribution in [3.63, 3.8) is 0 Å². The van der Waals surface area contributed by atoms with Crippen molar-refractivity contribution in [2.75, 3.05) is 6.61 Å². The molecule has 0 unspecified atom stereocenters. The molecule has 0 amide bonds. The third kappa shape index (κ3) is 6.36. The molecule has 3 heteroatoms. The summed E-state index contributed by atoms with van der Waals surface area (Å²) in [7, 11) is -1.72. The van der Waals surface area contributed by atoms with Gasteiger partial charge >= 0.3 is 5.97 Å². The molecule has 0 atom stereocenters. The number of ether oxygens (including phenoxy) is 1. The lowest BCUT2D eigenvalue weighted by Crippen LogP contribution is -2.25. The van der Waals surface area contributed by atoms with E-state index in [9.17, 15) is 4.79 Å². The molecule has 0 radical (unpaired) electrons. The van der Waals surface area contributed by atoms with E-state index in [0.29, 0.717) is 12.2 Å². The zero-order valence-corrected chi connectivity index (χ0v) is 26.2. The van der Waals surface area contributed by atoms with E-state index in [4.69, 9.17) is 4.74 Å². The van der Waals surface area contributed by atoms with Crippen molar-refractivity contribution in [1.29, 1.82) is 0 Å². The lowest BCUT2D eigenvalue weighted by atomic mass is 9.71. The third-order valence-electron chi connectivity index (χ3n) is 7.77. The van der Waals surface area contributed by atoms with Gasteiger partial charge in [0.1, 0.15) is 0 Å². The van der Waals surface area contributed by atoms with Gasteiger partial charge < -0.3 is 4.74 Å². The van der Waals surface area contributed by atoms with Gasteiger partial charge in [-0.25, -0.2) is 4.79 Å². The summed E-state index contributed by atoms with van der Waals surface area (Å²) in [6.07, 6.45) is 5.78. The van der Waals surface area contributed by atoms with Crippen LogP contribution in [0.5, 0.6) is 0 Å². The van der Waals surface area contributed by atoms with Crippen molar-refractivity contribution < 1.29 is 9.53 Å². The van der Waals surface area contributed by atoms with Crippen LogP contribution in [-0.4, -0.2) is 20.7 Å². The van der Waals surface area contributed by atoms with Gasteiger partial charge in [0.05, 0.1) is 20.2 Å². The number of fused-ring (bicyclic) bond motifs is 1. The van der Waals surface area contributed by atoms with E-state index in [1.165, 1.54) is 38.6 Å². The number of hydrogen-bond donors (Lipinski definition) is 0.